The summed E-state index contributed by atoms with van der Waals surface area (Å²) < 4.78 is 38.9. The Morgan fingerprint density at radius 1 is 0.862 bits per heavy atom. The van der Waals surface area contributed by atoms with E-state index in [2.05, 4.69) is 17.9 Å². The van der Waals surface area contributed by atoms with Gasteiger partial charge in [-0.3, -0.25) is 0 Å². The summed E-state index contributed by atoms with van der Waals surface area (Å²) in [5.74, 6) is -5.39. The summed E-state index contributed by atoms with van der Waals surface area (Å²) in [6.07, 6.45) is 3.78. The van der Waals surface area contributed by atoms with Crippen LogP contribution in [-0.4, -0.2) is 156 Å². The number of likely N-dealkylation sites (N-methyl/N-ethyl adjacent to an activating group) is 1. The van der Waals surface area contributed by atoms with Gasteiger partial charge in [-0.15, -0.1) is 0 Å². The summed E-state index contributed by atoms with van der Waals surface area (Å²) in [5, 5.41) is 82.0. The molecule has 0 aliphatic carbocycles. The lowest BCUT2D eigenvalue weighted by Crippen LogP contribution is -2.59. The van der Waals surface area contributed by atoms with Crippen molar-refractivity contribution < 1.29 is 69.0 Å². The molecule has 65 heavy (non-hydrogen) atoms. The molecule has 0 saturated carbocycles. The number of hydrogen-bond acceptors (Lipinski definition) is 15. The van der Waals surface area contributed by atoms with Crippen molar-refractivity contribution in [3.63, 3.8) is 0 Å². The molecule has 4 saturated heterocycles. The third kappa shape index (κ3) is 13.6. The second-order valence-corrected chi connectivity index (χ2v) is 22.0. The molecular formula is C50H87NO14. The Morgan fingerprint density at radius 2 is 1.57 bits per heavy atom. The minimum absolute atomic E-state index is 0.0745. The van der Waals surface area contributed by atoms with Crippen LogP contribution in [-0.2, 0) is 33.2 Å². The van der Waals surface area contributed by atoms with Crippen LogP contribution in [0.2, 0.25) is 0 Å². The van der Waals surface area contributed by atoms with Gasteiger partial charge in [0.1, 0.15) is 23.9 Å². The van der Waals surface area contributed by atoms with Crippen molar-refractivity contribution in [2.75, 3.05) is 14.1 Å². The zero-order chi connectivity index (χ0) is 48.3. The third-order valence-electron chi connectivity index (χ3n) is 15.5. The van der Waals surface area contributed by atoms with E-state index in [9.17, 15) is 40.5 Å². The highest BCUT2D eigenvalue weighted by atomic mass is 16.7. The Balaban J connectivity index is 1.46. The first-order chi connectivity index (χ1) is 30.2. The normalized spacial score (nSPS) is 47.9. The molecule has 15 nitrogen and oxygen atoms in total. The van der Waals surface area contributed by atoms with Gasteiger partial charge in [0, 0.05) is 49.1 Å². The molecule has 5 rings (SSSR count). The molecule has 15 heteroatoms. The topological polar surface area (TPSA) is 217 Å². The van der Waals surface area contributed by atoms with Gasteiger partial charge in [-0.05, 0) is 118 Å². The van der Waals surface area contributed by atoms with Crippen LogP contribution in [0.25, 0.3) is 0 Å². The van der Waals surface area contributed by atoms with Gasteiger partial charge >= 0.3 is 5.97 Å². The maximum absolute atomic E-state index is 13.8. The first-order valence-electron chi connectivity index (χ1n) is 24.7. The van der Waals surface area contributed by atoms with Crippen molar-refractivity contribution in [2.24, 2.45) is 23.7 Å². The molecule has 5 aliphatic rings. The molecule has 376 valence electrons. The summed E-state index contributed by atoms with van der Waals surface area (Å²) >= 11 is 0. The van der Waals surface area contributed by atoms with E-state index in [1.807, 2.05) is 54.8 Å². The van der Waals surface area contributed by atoms with Crippen molar-refractivity contribution >= 4 is 5.97 Å². The zero-order valence-electron chi connectivity index (χ0n) is 41.3. The van der Waals surface area contributed by atoms with Gasteiger partial charge in [0.25, 0.3) is 0 Å². The second kappa shape index (κ2) is 22.0. The van der Waals surface area contributed by atoms with Crippen molar-refractivity contribution in [3.8, 4) is 0 Å². The first-order valence-corrected chi connectivity index (χ1v) is 24.7. The van der Waals surface area contributed by atoms with Gasteiger partial charge in [-0.25, -0.2) is 4.79 Å². The van der Waals surface area contributed by atoms with E-state index < -0.39 is 95.2 Å². The van der Waals surface area contributed by atoms with E-state index in [1.165, 1.54) is 20.8 Å². The number of hydrogen-bond donors (Lipinski definition) is 7. The highest BCUT2D eigenvalue weighted by molar-refractivity contribution is 5.82. The monoisotopic (exact) mass is 926 g/mol. The van der Waals surface area contributed by atoms with Crippen LogP contribution < -0.4 is 0 Å². The van der Waals surface area contributed by atoms with E-state index in [1.54, 1.807) is 0 Å². The van der Waals surface area contributed by atoms with Crippen molar-refractivity contribution in [3.05, 3.63) is 24.3 Å². The smallest absolute Gasteiger partial charge is 0.330 e. The lowest BCUT2D eigenvalue weighted by molar-refractivity contribution is -0.358. The summed E-state index contributed by atoms with van der Waals surface area (Å²) in [6.45, 7) is 16.1. The lowest BCUT2D eigenvalue weighted by atomic mass is 9.79. The van der Waals surface area contributed by atoms with E-state index in [0.717, 1.165) is 37.8 Å². The highest BCUT2D eigenvalue weighted by Crippen LogP contribution is 2.50. The van der Waals surface area contributed by atoms with Crippen LogP contribution in [0.1, 0.15) is 152 Å². The number of carbonyl (C=O) groups is 1. The Labute approximate surface area is 388 Å². The standard InChI is InChI=1S/C50H87NO14/c1-12-35(52)26-37-30(2)21-25-49(63-37)28-38-31(3)39(64-49)29-50(59)34(27-46(6,7)65-50)18-16-14-13-15-17-23-47(8,57)45(56)43(62-41-20-19-36(51(10)11)33(5)60-41)42(54)32(4)44(55)48(9,58)24-22-40(53)61-38/h16,18,22,24,30-39,41-45,52,54-59H,12-15,17,19-21,23,25-29H2,1-11H3/b18-16-,24-22+/t30?,31?,32?,33-,34?,35?,36-,37?,38?,39?,41-,42?,43?,44?,45?,47?,48?,49?,50?/m1/s1. The van der Waals surface area contributed by atoms with E-state index in [0.29, 0.717) is 44.9 Å². The minimum atomic E-state index is -2.08. The predicted octanol–water partition coefficient (Wildman–Crippen LogP) is 5.03. The van der Waals surface area contributed by atoms with Crippen LogP contribution in [0.3, 0.4) is 0 Å². The fourth-order valence-electron chi connectivity index (χ4n) is 11.0. The molecule has 0 aromatic carbocycles. The van der Waals surface area contributed by atoms with Gasteiger partial charge < -0.3 is 69.1 Å². The number of allylic oxidation sites excluding steroid dienone is 1. The summed E-state index contributed by atoms with van der Waals surface area (Å²) in [7, 11) is 3.94. The van der Waals surface area contributed by atoms with Gasteiger partial charge in [-0.2, -0.15) is 0 Å². The Hall–Kier alpha value is -1.57. The highest BCUT2D eigenvalue weighted by Gasteiger charge is 2.57. The average Bonchev–Trinajstić information content (AvgIpc) is 3.46. The minimum Gasteiger partial charge on any atom is -0.459 e. The van der Waals surface area contributed by atoms with E-state index in [4.69, 9.17) is 28.4 Å². The maximum Gasteiger partial charge on any atom is 0.330 e. The SMILES string of the molecule is CCC(O)CC1OC2(CCC1C)CC1OC(=O)/C=C/C(C)(O)C(O)C(C)C(O)C(O[C@@H]3CC[C@@H](N(C)C)[C@@H](C)O3)C(O)C(C)(O)CCCCC/C=C\C3CC(C)(C)OC3(O)CC(O2)C1C. The Bertz CT molecular complexity index is 1590. The lowest BCUT2D eigenvalue weighted by Gasteiger charge is -2.52. The number of ether oxygens (including phenoxy) is 6. The molecule has 1 spiro atoms. The molecule has 0 amide bonds. The number of carbonyl (C=O) groups excluding carboxylic acids is 1. The predicted molar refractivity (Wildman–Crippen MR) is 244 cm³/mol. The van der Waals surface area contributed by atoms with Crippen LogP contribution >= 0.6 is 0 Å². The molecule has 16 unspecified atom stereocenters. The van der Waals surface area contributed by atoms with E-state index in [-0.39, 0.29) is 49.3 Å². The van der Waals surface area contributed by atoms with Crippen LogP contribution in [0.4, 0.5) is 0 Å². The number of nitrogens with zero attached hydrogens (tertiary/aromatic N) is 1. The largest absolute Gasteiger partial charge is 0.459 e. The van der Waals surface area contributed by atoms with Gasteiger partial charge in [0.15, 0.2) is 17.9 Å². The zero-order valence-corrected chi connectivity index (χ0v) is 41.3. The summed E-state index contributed by atoms with van der Waals surface area (Å²) in [6, 6.07) is 0.127. The van der Waals surface area contributed by atoms with Crippen molar-refractivity contribution in [1.82, 2.24) is 4.90 Å². The van der Waals surface area contributed by atoms with Crippen LogP contribution in [0.15, 0.2) is 24.3 Å². The van der Waals surface area contributed by atoms with Crippen molar-refractivity contribution in [2.45, 2.75) is 248 Å². The molecule has 0 radical (unpaired) electrons. The van der Waals surface area contributed by atoms with Crippen molar-refractivity contribution in [1.29, 1.82) is 0 Å². The molecule has 5 aliphatic heterocycles. The molecule has 5 heterocycles. The maximum atomic E-state index is 13.8. The molecule has 0 aromatic rings. The molecule has 0 aromatic heterocycles. The molecule has 2 bridgehead atoms. The van der Waals surface area contributed by atoms with Crippen LogP contribution in [0, 0.1) is 23.7 Å². The van der Waals surface area contributed by atoms with Gasteiger partial charge in [-0.1, -0.05) is 52.7 Å². The number of aliphatic hydroxyl groups is 7. The number of fused-ring (bicyclic) bond motifs is 3. The van der Waals surface area contributed by atoms with Crippen LogP contribution in [0.5, 0.6) is 0 Å². The van der Waals surface area contributed by atoms with E-state index >= 15 is 0 Å². The fraction of sp³-hybridized carbons (Fsp3) is 0.900. The summed E-state index contributed by atoms with van der Waals surface area (Å²) in [4.78, 5) is 15.9. The molecule has 19 atom stereocenters. The number of esters is 1. The Kier molecular flexibility index (Phi) is 18.4. The number of aliphatic hydroxyl groups excluding tert-OH is 4. The third-order valence-corrected chi connectivity index (χ3v) is 15.5. The number of rotatable bonds is 6. The first kappa shape index (κ1) is 54.4. The molecular weight excluding hydrogens is 839 g/mol. The second-order valence-electron chi connectivity index (χ2n) is 22.0. The Morgan fingerprint density at radius 3 is 2.23 bits per heavy atom. The molecule has 7 N–H and O–H groups in total. The average molecular weight is 926 g/mol. The molecule has 4 fully saturated rings. The van der Waals surface area contributed by atoms with Gasteiger partial charge in [0.05, 0.1) is 47.8 Å². The van der Waals surface area contributed by atoms with Gasteiger partial charge in [0.2, 0.25) is 0 Å². The summed E-state index contributed by atoms with van der Waals surface area (Å²) in [5.41, 5.74) is -4.44. The quantitative estimate of drug-likeness (QED) is 0.137. The fourth-order valence-corrected chi connectivity index (χ4v) is 11.0.